The summed E-state index contributed by atoms with van der Waals surface area (Å²) >= 11 is 0. The molecule has 0 spiro atoms. The molecule has 2 rings (SSSR count). The van der Waals surface area contributed by atoms with Crippen molar-refractivity contribution in [3.63, 3.8) is 0 Å². The molecule has 2 N–H and O–H groups in total. The minimum Gasteiger partial charge on any atom is -0.505 e. The van der Waals surface area contributed by atoms with Gasteiger partial charge < -0.3 is 9.84 Å². The first kappa shape index (κ1) is 20.2. The third kappa shape index (κ3) is 5.43. The van der Waals surface area contributed by atoms with Crippen LogP contribution in [0.3, 0.4) is 0 Å². The molecular weight excluding hydrogens is 379 g/mol. The summed E-state index contributed by atoms with van der Waals surface area (Å²) in [5.74, 6) is -2.03. The molecule has 0 aliphatic heterocycles. The zero-order valence-electron chi connectivity index (χ0n) is 14.0. The van der Waals surface area contributed by atoms with Crippen LogP contribution >= 0.6 is 0 Å². The van der Waals surface area contributed by atoms with Crippen molar-refractivity contribution >= 4 is 27.5 Å². The Morgan fingerprint density at radius 1 is 1.11 bits per heavy atom. The molecule has 0 aliphatic carbocycles. The van der Waals surface area contributed by atoms with Crippen molar-refractivity contribution in [1.82, 2.24) is 0 Å². The lowest BCUT2D eigenvalue weighted by Gasteiger charge is -2.06. The van der Waals surface area contributed by atoms with Crippen molar-refractivity contribution in [3.05, 3.63) is 65.6 Å². The van der Waals surface area contributed by atoms with Crippen LogP contribution < -0.4 is 0 Å². The molecule has 0 saturated carbocycles. The second kappa shape index (κ2) is 8.52. The predicted molar refractivity (Wildman–Crippen MR) is 93.4 cm³/mol. The van der Waals surface area contributed by atoms with Gasteiger partial charge in [0, 0.05) is 5.56 Å². The van der Waals surface area contributed by atoms with Crippen LogP contribution in [0.4, 0.5) is 10.1 Å². The molecule has 2 aromatic carbocycles. The van der Waals surface area contributed by atoms with Gasteiger partial charge in [0.05, 0.1) is 17.2 Å². The lowest BCUT2D eigenvalue weighted by atomic mass is 10.1. The van der Waals surface area contributed by atoms with E-state index in [1.54, 1.807) is 6.92 Å². The van der Waals surface area contributed by atoms with Gasteiger partial charge in [-0.2, -0.15) is 13.5 Å². The number of carbonyl (C=O) groups excluding carboxylic acids is 1. The Labute approximate surface area is 154 Å². The van der Waals surface area contributed by atoms with Crippen molar-refractivity contribution in [1.29, 1.82) is 0 Å². The normalized spacial score (nSPS) is 12.7. The number of esters is 1. The zero-order valence-corrected chi connectivity index (χ0v) is 14.9. The Morgan fingerprint density at radius 2 is 1.70 bits per heavy atom. The highest BCUT2D eigenvalue weighted by Gasteiger charge is 2.18. The van der Waals surface area contributed by atoms with E-state index in [1.807, 2.05) is 0 Å². The van der Waals surface area contributed by atoms with Crippen LogP contribution in [-0.2, 0) is 19.6 Å². The van der Waals surface area contributed by atoms with E-state index in [-0.39, 0.29) is 22.8 Å². The molecule has 0 unspecified atom stereocenters. The summed E-state index contributed by atoms with van der Waals surface area (Å²) in [6, 6.07) is 9.36. The molecule has 0 amide bonds. The van der Waals surface area contributed by atoms with Crippen LogP contribution in [0.5, 0.6) is 0 Å². The summed E-state index contributed by atoms with van der Waals surface area (Å²) in [5.41, 5.74) is -0.237. The summed E-state index contributed by atoms with van der Waals surface area (Å²) in [5, 5.41) is 17.7. The lowest BCUT2D eigenvalue weighted by Crippen LogP contribution is -2.08. The van der Waals surface area contributed by atoms with Gasteiger partial charge in [-0.15, -0.1) is 5.11 Å². The van der Waals surface area contributed by atoms with Crippen LogP contribution in [0.1, 0.15) is 12.5 Å². The van der Waals surface area contributed by atoms with E-state index in [2.05, 4.69) is 10.2 Å². The highest BCUT2D eigenvalue weighted by atomic mass is 32.2. The maximum absolute atomic E-state index is 13.0. The van der Waals surface area contributed by atoms with Crippen LogP contribution in [0.2, 0.25) is 0 Å². The van der Waals surface area contributed by atoms with E-state index in [0.717, 1.165) is 24.3 Å². The highest BCUT2D eigenvalue weighted by Crippen LogP contribution is 2.22. The van der Waals surface area contributed by atoms with Gasteiger partial charge in [0.1, 0.15) is 5.82 Å². The minimum absolute atomic E-state index is 0.0254. The van der Waals surface area contributed by atoms with Gasteiger partial charge >= 0.3 is 5.97 Å². The molecule has 0 aliphatic rings. The van der Waals surface area contributed by atoms with Crippen molar-refractivity contribution in [3.8, 4) is 0 Å². The van der Waals surface area contributed by atoms with Crippen molar-refractivity contribution in [2.75, 3.05) is 6.61 Å². The number of nitrogens with zero attached hydrogens (tertiary/aromatic N) is 2. The molecule has 2 aromatic rings. The number of hydrogen-bond donors (Lipinski definition) is 2. The first-order chi connectivity index (χ1) is 12.7. The van der Waals surface area contributed by atoms with Gasteiger partial charge in [-0.25, -0.2) is 9.18 Å². The molecule has 0 bridgehead atoms. The van der Waals surface area contributed by atoms with Crippen LogP contribution in [-0.4, -0.2) is 30.7 Å². The smallest absolute Gasteiger partial charge is 0.362 e. The molecule has 0 aromatic heterocycles. The quantitative estimate of drug-likeness (QED) is 0.253. The molecule has 10 heteroatoms. The molecule has 8 nitrogen and oxygen atoms in total. The summed E-state index contributed by atoms with van der Waals surface area (Å²) in [6.45, 7) is 1.59. The number of benzene rings is 2. The molecule has 0 atom stereocenters. The average Bonchev–Trinajstić information content (AvgIpc) is 2.62. The lowest BCUT2D eigenvalue weighted by molar-refractivity contribution is -0.138. The summed E-state index contributed by atoms with van der Waals surface area (Å²) < 4.78 is 48.8. The summed E-state index contributed by atoms with van der Waals surface area (Å²) in [7, 11) is -4.35. The molecule has 0 saturated heterocycles. The number of carbonyl (C=O) groups is 1. The third-order valence-electron chi connectivity index (χ3n) is 3.21. The van der Waals surface area contributed by atoms with Crippen LogP contribution in [0.15, 0.2) is 69.4 Å². The number of aliphatic hydroxyl groups excluding tert-OH is 1. The predicted octanol–water partition coefficient (Wildman–Crippen LogP) is 3.65. The van der Waals surface area contributed by atoms with Gasteiger partial charge in [-0.05, 0) is 55.5 Å². The van der Waals surface area contributed by atoms with E-state index < -0.39 is 33.4 Å². The van der Waals surface area contributed by atoms with Gasteiger partial charge in [-0.1, -0.05) is 0 Å². The fourth-order valence-electron chi connectivity index (χ4n) is 1.92. The van der Waals surface area contributed by atoms with Crippen molar-refractivity contribution in [2.45, 2.75) is 11.8 Å². The van der Waals surface area contributed by atoms with Crippen molar-refractivity contribution < 1.29 is 32.0 Å². The van der Waals surface area contributed by atoms with Crippen LogP contribution in [0, 0.1) is 5.82 Å². The van der Waals surface area contributed by atoms with Gasteiger partial charge in [0.2, 0.25) is 5.70 Å². The molecule has 27 heavy (non-hydrogen) atoms. The molecular formula is C17H15FN2O6S. The fourth-order valence-corrected chi connectivity index (χ4v) is 2.40. The number of azo groups is 1. The zero-order chi connectivity index (χ0) is 20.0. The Balaban J connectivity index is 2.40. The Bertz CT molecular complexity index is 983. The topological polar surface area (TPSA) is 126 Å². The maximum Gasteiger partial charge on any atom is 0.362 e. The fraction of sp³-hybridized carbons (Fsp3) is 0.118. The first-order valence-electron chi connectivity index (χ1n) is 7.58. The Hall–Kier alpha value is -3.11. The van der Waals surface area contributed by atoms with Crippen LogP contribution in [0.25, 0.3) is 5.76 Å². The SMILES string of the molecule is CCOC(=O)/C(N=Nc1ccc(S(=O)(=O)O)cc1)=C(\O)c1ccc(F)cc1. The Kier molecular flexibility index (Phi) is 6.37. The number of halogens is 1. The summed E-state index contributed by atoms with van der Waals surface area (Å²) in [4.78, 5) is 11.7. The molecule has 0 fully saturated rings. The van der Waals surface area contributed by atoms with Gasteiger partial charge in [0.25, 0.3) is 10.1 Å². The first-order valence-corrected chi connectivity index (χ1v) is 9.02. The number of ether oxygens (including phenoxy) is 1. The minimum atomic E-state index is -4.35. The highest BCUT2D eigenvalue weighted by molar-refractivity contribution is 7.85. The van der Waals surface area contributed by atoms with Gasteiger partial charge in [0.15, 0.2) is 5.76 Å². The third-order valence-corrected chi connectivity index (χ3v) is 4.08. The van der Waals surface area contributed by atoms with Gasteiger partial charge in [-0.3, -0.25) is 4.55 Å². The average molecular weight is 394 g/mol. The van der Waals surface area contributed by atoms with Crippen molar-refractivity contribution in [2.24, 2.45) is 10.2 Å². The monoisotopic (exact) mass is 394 g/mol. The van der Waals surface area contributed by atoms with E-state index in [9.17, 15) is 22.7 Å². The molecule has 0 heterocycles. The molecule has 142 valence electrons. The molecule has 0 radical (unpaired) electrons. The Morgan fingerprint density at radius 3 is 2.22 bits per heavy atom. The second-order valence-electron chi connectivity index (χ2n) is 5.09. The standard InChI is InChI=1S/C17H15FN2O6S/c1-2-26-17(22)15(16(21)11-3-5-12(18)6-4-11)20-19-13-7-9-14(10-8-13)27(23,24)25/h3-10,21H,2H2,1H3,(H,23,24,25)/b16-15+,20-19?. The van der Waals surface area contributed by atoms with E-state index in [1.165, 1.54) is 24.3 Å². The number of aliphatic hydroxyl groups is 1. The number of hydrogen-bond acceptors (Lipinski definition) is 7. The van der Waals surface area contributed by atoms with E-state index >= 15 is 0 Å². The largest absolute Gasteiger partial charge is 0.505 e. The van der Waals surface area contributed by atoms with E-state index in [4.69, 9.17) is 9.29 Å². The summed E-state index contributed by atoms with van der Waals surface area (Å²) in [6.07, 6.45) is 0. The second-order valence-corrected chi connectivity index (χ2v) is 6.52. The van der Waals surface area contributed by atoms with E-state index in [0.29, 0.717) is 0 Å². The number of rotatable bonds is 6. The maximum atomic E-state index is 13.0.